The minimum atomic E-state index is -0.167. The molecule has 0 fully saturated rings. The van der Waals surface area contributed by atoms with Crippen LogP contribution in [0.4, 0.5) is 5.13 Å². The Morgan fingerprint density at radius 1 is 1.07 bits per heavy atom. The van der Waals surface area contributed by atoms with Crippen molar-refractivity contribution in [1.29, 1.82) is 0 Å². The number of carbonyl (C=O) groups is 1. The second-order valence-corrected chi connectivity index (χ2v) is 7.90. The van der Waals surface area contributed by atoms with Crippen LogP contribution in [0.1, 0.15) is 27.3 Å². The highest BCUT2D eigenvalue weighted by Crippen LogP contribution is 2.19. The molecule has 7 heteroatoms. The summed E-state index contributed by atoms with van der Waals surface area (Å²) in [5, 5.41) is 6.24. The predicted molar refractivity (Wildman–Crippen MR) is 117 cm³/mol. The molecule has 0 aliphatic carbocycles. The van der Waals surface area contributed by atoms with Gasteiger partial charge in [-0.2, -0.15) is 0 Å². The van der Waals surface area contributed by atoms with Gasteiger partial charge in [0.25, 0.3) is 5.91 Å². The number of nitrogens with one attached hydrogen (secondary N) is 1. The van der Waals surface area contributed by atoms with Gasteiger partial charge >= 0.3 is 0 Å². The third-order valence-electron chi connectivity index (χ3n) is 4.50. The second kappa shape index (κ2) is 9.03. The first-order valence-electron chi connectivity index (χ1n) is 9.21. The number of amides is 1. The highest BCUT2D eigenvalue weighted by Gasteiger charge is 2.13. The van der Waals surface area contributed by atoms with E-state index in [4.69, 9.17) is 11.6 Å². The van der Waals surface area contributed by atoms with Gasteiger partial charge in [0.1, 0.15) is 5.69 Å². The maximum absolute atomic E-state index is 12.7. The van der Waals surface area contributed by atoms with Crippen molar-refractivity contribution in [3.05, 3.63) is 100 Å². The SMILES string of the molecule is O=C(Nc1nc(CCc2cccc(Cl)c2)cs1)c1cccn1Cc1ccncc1. The van der Waals surface area contributed by atoms with Crippen molar-refractivity contribution >= 4 is 34.0 Å². The Balaban J connectivity index is 1.38. The topological polar surface area (TPSA) is 59.8 Å². The fourth-order valence-corrected chi connectivity index (χ4v) is 4.00. The number of thiazole rings is 1. The summed E-state index contributed by atoms with van der Waals surface area (Å²) in [6.07, 6.45) is 7.04. The van der Waals surface area contributed by atoms with E-state index >= 15 is 0 Å². The number of benzene rings is 1. The van der Waals surface area contributed by atoms with Crippen molar-refractivity contribution < 1.29 is 4.79 Å². The van der Waals surface area contributed by atoms with Gasteiger partial charge in [0.15, 0.2) is 5.13 Å². The van der Waals surface area contributed by atoms with Crippen LogP contribution in [-0.4, -0.2) is 20.4 Å². The molecule has 0 saturated carbocycles. The maximum atomic E-state index is 12.7. The molecule has 29 heavy (non-hydrogen) atoms. The van der Waals surface area contributed by atoms with Crippen LogP contribution in [0.3, 0.4) is 0 Å². The zero-order valence-corrected chi connectivity index (χ0v) is 17.2. The van der Waals surface area contributed by atoms with Crippen LogP contribution in [0.2, 0.25) is 5.02 Å². The second-order valence-electron chi connectivity index (χ2n) is 6.60. The quantitative estimate of drug-likeness (QED) is 0.451. The number of carbonyl (C=O) groups excluding carboxylic acids is 1. The summed E-state index contributed by atoms with van der Waals surface area (Å²) < 4.78 is 1.92. The average Bonchev–Trinajstić information content (AvgIpc) is 3.37. The lowest BCUT2D eigenvalue weighted by Gasteiger charge is -2.08. The van der Waals surface area contributed by atoms with Gasteiger partial charge in [0.05, 0.1) is 5.69 Å². The summed E-state index contributed by atoms with van der Waals surface area (Å²) in [5.41, 5.74) is 3.81. The number of hydrogen-bond donors (Lipinski definition) is 1. The molecule has 1 aromatic carbocycles. The molecule has 0 atom stereocenters. The molecule has 3 aromatic heterocycles. The van der Waals surface area contributed by atoms with Gasteiger partial charge in [-0.25, -0.2) is 4.98 Å². The largest absolute Gasteiger partial charge is 0.339 e. The van der Waals surface area contributed by atoms with Crippen LogP contribution < -0.4 is 5.32 Å². The highest BCUT2D eigenvalue weighted by molar-refractivity contribution is 7.13. The van der Waals surface area contributed by atoms with Crippen LogP contribution in [0.25, 0.3) is 0 Å². The molecule has 4 aromatic rings. The number of aryl methyl sites for hydroxylation is 2. The Labute approximate surface area is 178 Å². The van der Waals surface area contributed by atoms with Crippen molar-refractivity contribution in [2.24, 2.45) is 0 Å². The fourth-order valence-electron chi connectivity index (χ4n) is 3.05. The Bertz CT molecular complexity index is 1110. The first kappa shape index (κ1) is 19.4. The van der Waals surface area contributed by atoms with Gasteiger partial charge in [-0.3, -0.25) is 15.1 Å². The van der Waals surface area contributed by atoms with Gasteiger partial charge in [0, 0.05) is 35.5 Å². The average molecular weight is 423 g/mol. The van der Waals surface area contributed by atoms with Crippen LogP contribution in [0, 0.1) is 0 Å². The summed E-state index contributed by atoms with van der Waals surface area (Å²) in [6, 6.07) is 15.4. The van der Waals surface area contributed by atoms with E-state index in [0.717, 1.165) is 29.1 Å². The molecule has 0 unspecified atom stereocenters. The third kappa shape index (κ3) is 5.10. The van der Waals surface area contributed by atoms with E-state index in [9.17, 15) is 4.79 Å². The van der Waals surface area contributed by atoms with E-state index in [1.54, 1.807) is 12.4 Å². The molecule has 0 aliphatic rings. The fraction of sp³-hybridized carbons (Fsp3) is 0.136. The van der Waals surface area contributed by atoms with Crippen molar-refractivity contribution in [2.75, 3.05) is 5.32 Å². The molecule has 0 radical (unpaired) electrons. The number of aromatic nitrogens is 3. The number of halogens is 1. The molecule has 0 saturated heterocycles. The third-order valence-corrected chi connectivity index (χ3v) is 5.54. The zero-order chi connectivity index (χ0) is 20.1. The van der Waals surface area contributed by atoms with Crippen LogP contribution in [-0.2, 0) is 19.4 Å². The zero-order valence-electron chi connectivity index (χ0n) is 15.6. The Kier molecular flexibility index (Phi) is 6.03. The molecule has 0 spiro atoms. The van der Waals surface area contributed by atoms with E-state index in [-0.39, 0.29) is 5.91 Å². The van der Waals surface area contributed by atoms with E-state index in [1.807, 2.05) is 58.6 Å². The first-order valence-corrected chi connectivity index (χ1v) is 10.5. The molecule has 5 nitrogen and oxygen atoms in total. The van der Waals surface area contributed by atoms with Crippen molar-refractivity contribution in [3.8, 4) is 0 Å². The molecule has 1 N–H and O–H groups in total. The highest BCUT2D eigenvalue weighted by atomic mass is 35.5. The van der Waals surface area contributed by atoms with Crippen LogP contribution >= 0.6 is 22.9 Å². The summed E-state index contributed by atoms with van der Waals surface area (Å²) in [4.78, 5) is 21.3. The molecule has 146 valence electrons. The van der Waals surface area contributed by atoms with Gasteiger partial charge in [-0.15, -0.1) is 11.3 Å². The smallest absolute Gasteiger partial charge is 0.274 e. The lowest BCUT2D eigenvalue weighted by molar-refractivity contribution is 0.101. The number of anilines is 1. The van der Waals surface area contributed by atoms with Gasteiger partial charge in [0.2, 0.25) is 0 Å². The molecule has 1 amide bonds. The van der Waals surface area contributed by atoms with Crippen molar-refractivity contribution in [2.45, 2.75) is 19.4 Å². The molecular weight excluding hydrogens is 404 g/mol. The van der Waals surface area contributed by atoms with Gasteiger partial charge in [-0.05, 0) is 60.4 Å². The Morgan fingerprint density at radius 3 is 2.76 bits per heavy atom. The van der Waals surface area contributed by atoms with Crippen LogP contribution in [0.5, 0.6) is 0 Å². The normalized spacial score (nSPS) is 10.8. The standard InChI is InChI=1S/C22H19ClN4OS/c23-18-4-1-3-16(13-18)6-7-19-15-29-22(25-19)26-21(28)20-5-2-12-27(20)14-17-8-10-24-11-9-17/h1-5,8-13,15H,6-7,14H2,(H,25,26,28). The summed E-state index contributed by atoms with van der Waals surface area (Å²) in [5.74, 6) is -0.167. The van der Waals surface area contributed by atoms with Crippen LogP contribution in [0.15, 0.2) is 72.5 Å². The summed E-state index contributed by atoms with van der Waals surface area (Å²) in [6.45, 7) is 0.612. The molecule has 0 aliphatic heterocycles. The van der Waals surface area contributed by atoms with Gasteiger partial charge < -0.3 is 4.57 Å². The molecule has 3 heterocycles. The monoisotopic (exact) mass is 422 g/mol. The van der Waals surface area contributed by atoms with Crippen molar-refractivity contribution in [3.63, 3.8) is 0 Å². The number of pyridine rings is 1. The number of nitrogens with zero attached hydrogens (tertiary/aromatic N) is 3. The number of hydrogen-bond acceptors (Lipinski definition) is 4. The van der Waals surface area contributed by atoms with Crippen molar-refractivity contribution in [1.82, 2.24) is 14.5 Å². The molecule has 4 rings (SSSR count). The summed E-state index contributed by atoms with van der Waals surface area (Å²) in [7, 11) is 0. The lowest BCUT2D eigenvalue weighted by Crippen LogP contribution is -2.17. The van der Waals surface area contributed by atoms with E-state index in [0.29, 0.717) is 17.4 Å². The summed E-state index contributed by atoms with van der Waals surface area (Å²) >= 11 is 7.47. The number of rotatable bonds is 7. The van der Waals surface area contributed by atoms with E-state index < -0.39 is 0 Å². The van der Waals surface area contributed by atoms with E-state index in [1.165, 1.54) is 16.9 Å². The lowest BCUT2D eigenvalue weighted by atomic mass is 10.1. The Hall–Kier alpha value is -2.96. The molecule has 0 bridgehead atoms. The van der Waals surface area contributed by atoms with E-state index in [2.05, 4.69) is 21.4 Å². The van der Waals surface area contributed by atoms with Gasteiger partial charge in [-0.1, -0.05) is 23.7 Å². The Morgan fingerprint density at radius 2 is 1.93 bits per heavy atom. The predicted octanol–water partition coefficient (Wildman–Crippen LogP) is 5.08. The minimum absolute atomic E-state index is 0.167. The maximum Gasteiger partial charge on any atom is 0.274 e. The first-order chi connectivity index (χ1) is 14.2. The molecular formula is C22H19ClN4OS. The minimum Gasteiger partial charge on any atom is -0.339 e.